The van der Waals surface area contributed by atoms with Crippen molar-refractivity contribution in [3.8, 4) is 5.75 Å². The molecule has 0 N–H and O–H groups in total. The van der Waals surface area contributed by atoms with E-state index in [1.807, 2.05) is 36.4 Å². The summed E-state index contributed by atoms with van der Waals surface area (Å²) in [5, 5.41) is 2.99. The van der Waals surface area contributed by atoms with Crippen LogP contribution in [-0.2, 0) is 16.2 Å². The number of fused-ring (bicyclic) bond motifs is 3. The molecule has 0 spiro atoms. The van der Waals surface area contributed by atoms with Gasteiger partial charge in [-0.1, -0.05) is 87.4 Å². The van der Waals surface area contributed by atoms with Crippen LogP contribution in [0.4, 0.5) is 8.78 Å². The molecule has 3 aromatic carbocycles. The fourth-order valence-corrected chi connectivity index (χ4v) is 5.57. The molecule has 3 heterocycles. The SMILES string of the molecule is C.CC(C)(C)c1ccnc2cccc(F)c12.CC(C)(C)c1ncnc2cc(Cl)ccc12.COc1ccc(F)c2c(C(C)(C)C)ccnc12. The van der Waals surface area contributed by atoms with E-state index in [2.05, 4.69) is 82.2 Å². The second-order valence-electron chi connectivity index (χ2n) is 14.5. The number of rotatable bonds is 1. The Morgan fingerprint density at radius 2 is 1.23 bits per heavy atom. The highest BCUT2D eigenvalue weighted by Gasteiger charge is 2.22. The van der Waals surface area contributed by atoms with E-state index in [4.69, 9.17) is 16.3 Å². The standard InChI is InChI=1S/C14H16FNO.C13H14FN.C12H13ClN2.CH4/c1-14(2,3)9-7-8-16-13-11(17-4)6-5-10(15)12(9)13;1-13(2,3)9-7-8-15-11-6-4-5-10(14)12(9)11;1-12(2,3)11-9-5-4-8(13)6-10(9)14-7-15-11;/h5-8H,1-4H3;4-8H,1-3H3;4-7H,1-3H3;1H4. The number of methoxy groups -OCH3 is 1. The monoisotopic (exact) mass is 672 g/mol. The van der Waals surface area contributed by atoms with Crippen molar-refractivity contribution in [1.29, 1.82) is 0 Å². The molecule has 0 aliphatic rings. The summed E-state index contributed by atoms with van der Waals surface area (Å²) < 4.78 is 33.0. The fourth-order valence-electron chi connectivity index (χ4n) is 5.41. The molecule has 5 nitrogen and oxygen atoms in total. The van der Waals surface area contributed by atoms with Crippen LogP contribution in [0.15, 0.2) is 79.4 Å². The van der Waals surface area contributed by atoms with Crippen molar-refractivity contribution in [1.82, 2.24) is 19.9 Å². The second-order valence-corrected chi connectivity index (χ2v) is 14.9. The van der Waals surface area contributed by atoms with Gasteiger partial charge in [0.1, 0.15) is 29.2 Å². The third-order valence-electron chi connectivity index (χ3n) is 7.66. The van der Waals surface area contributed by atoms with Crippen molar-refractivity contribution in [2.24, 2.45) is 0 Å². The lowest BCUT2D eigenvalue weighted by Crippen LogP contribution is -2.14. The van der Waals surface area contributed by atoms with Crippen LogP contribution >= 0.6 is 11.6 Å². The molecule has 6 aromatic rings. The van der Waals surface area contributed by atoms with Gasteiger partial charge in [0.25, 0.3) is 0 Å². The predicted molar refractivity (Wildman–Crippen MR) is 197 cm³/mol. The Labute approximate surface area is 288 Å². The van der Waals surface area contributed by atoms with Gasteiger partial charge in [-0.15, -0.1) is 0 Å². The van der Waals surface area contributed by atoms with Crippen LogP contribution in [0.5, 0.6) is 5.75 Å². The Bertz CT molecular complexity index is 2010. The van der Waals surface area contributed by atoms with Crippen molar-refractivity contribution in [3.63, 3.8) is 0 Å². The maximum absolute atomic E-state index is 14.0. The van der Waals surface area contributed by atoms with E-state index in [0.717, 1.165) is 33.2 Å². The molecule has 0 radical (unpaired) electrons. The molecule has 0 fully saturated rings. The molecule has 0 aliphatic carbocycles. The smallest absolute Gasteiger partial charge is 0.145 e. The summed E-state index contributed by atoms with van der Waals surface area (Å²) in [6.45, 7) is 18.8. The minimum absolute atomic E-state index is 0. The maximum Gasteiger partial charge on any atom is 0.145 e. The largest absolute Gasteiger partial charge is 0.494 e. The molecule has 0 saturated carbocycles. The Morgan fingerprint density at radius 1 is 0.625 bits per heavy atom. The number of nitrogens with zero attached hydrogens (tertiary/aromatic N) is 4. The molecule has 254 valence electrons. The molecule has 6 rings (SSSR count). The molecule has 8 heteroatoms. The molecule has 0 bridgehead atoms. The lowest BCUT2D eigenvalue weighted by Gasteiger charge is -2.21. The van der Waals surface area contributed by atoms with Crippen LogP contribution in [0.2, 0.25) is 5.02 Å². The van der Waals surface area contributed by atoms with Crippen LogP contribution in [0, 0.1) is 11.6 Å². The highest BCUT2D eigenvalue weighted by atomic mass is 35.5. The zero-order chi connectivity index (χ0) is 34.7. The van der Waals surface area contributed by atoms with E-state index >= 15 is 0 Å². The first-order valence-corrected chi connectivity index (χ1v) is 15.9. The third kappa shape index (κ3) is 8.62. The van der Waals surface area contributed by atoms with Gasteiger partial charge in [-0.3, -0.25) is 9.97 Å². The summed E-state index contributed by atoms with van der Waals surface area (Å²) >= 11 is 5.92. The first-order valence-electron chi connectivity index (χ1n) is 15.5. The van der Waals surface area contributed by atoms with Crippen molar-refractivity contribution < 1.29 is 13.5 Å². The van der Waals surface area contributed by atoms with Gasteiger partial charge in [-0.2, -0.15) is 0 Å². The molecular weight excluding hydrogens is 626 g/mol. The molecule has 3 aromatic heterocycles. The topological polar surface area (TPSA) is 60.8 Å². The lowest BCUT2D eigenvalue weighted by atomic mass is 9.85. The van der Waals surface area contributed by atoms with Crippen LogP contribution in [0.1, 0.15) is 86.6 Å². The maximum atomic E-state index is 14.0. The predicted octanol–water partition coefficient (Wildman–Crippen LogP) is 11.6. The average molecular weight is 673 g/mol. The van der Waals surface area contributed by atoms with E-state index in [0.29, 0.717) is 27.1 Å². The zero-order valence-electron chi connectivity index (χ0n) is 28.8. The summed E-state index contributed by atoms with van der Waals surface area (Å²) in [5.74, 6) is 0.164. The van der Waals surface area contributed by atoms with Gasteiger partial charge in [-0.05, 0) is 76.6 Å². The number of hydrogen-bond acceptors (Lipinski definition) is 5. The van der Waals surface area contributed by atoms with Gasteiger partial charge >= 0.3 is 0 Å². The van der Waals surface area contributed by atoms with Gasteiger partial charge in [0, 0.05) is 39.0 Å². The summed E-state index contributed by atoms with van der Waals surface area (Å²) in [4.78, 5) is 17.0. The lowest BCUT2D eigenvalue weighted by molar-refractivity contribution is 0.418. The summed E-state index contributed by atoms with van der Waals surface area (Å²) in [6.07, 6.45) is 5.03. The number of ether oxygens (including phenoxy) is 1. The van der Waals surface area contributed by atoms with Crippen molar-refractivity contribution in [2.45, 2.75) is 86.0 Å². The van der Waals surface area contributed by atoms with Gasteiger partial charge in [0.05, 0.1) is 23.8 Å². The van der Waals surface area contributed by atoms with Crippen LogP contribution < -0.4 is 4.74 Å². The molecule has 0 unspecified atom stereocenters. The van der Waals surface area contributed by atoms with Gasteiger partial charge < -0.3 is 4.74 Å². The van der Waals surface area contributed by atoms with E-state index in [9.17, 15) is 8.78 Å². The highest BCUT2D eigenvalue weighted by molar-refractivity contribution is 6.31. The zero-order valence-corrected chi connectivity index (χ0v) is 29.6. The minimum atomic E-state index is -0.251. The average Bonchev–Trinajstić information content (AvgIpc) is 3.00. The third-order valence-corrected chi connectivity index (χ3v) is 7.90. The van der Waals surface area contributed by atoms with Crippen molar-refractivity contribution >= 4 is 44.3 Å². The van der Waals surface area contributed by atoms with Gasteiger partial charge in [0.2, 0.25) is 0 Å². The number of benzene rings is 3. The van der Waals surface area contributed by atoms with Crippen LogP contribution in [-0.4, -0.2) is 27.0 Å². The van der Waals surface area contributed by atoms with Crippen molar-refractivity contribution in [3.05, 3.63) is 113 Å². The second kappa shape index (κ2) is 14.9. The van der Waals surface area contributed by atoms with Crippen LogP contribution in [0.25, 0.3) is 32.7 Å². The number of pyridine rings is 2. The normalized spacial score (nSPS) is 11.7. The summed E-state index contributed by atoms with van der Waals surface area (Å²) in [6, 6.07) is 17.5. The molecule has 48 heavy (non-hydrogen) atoms. The van der Waals surface area contributed by atoms with E-state index in [-0.39, 0.29) is 35.3 Å². The number of aromatic nitrogens is 4. The minimum Gasteiger partial charge on any atom is -0.494 e. The fraction of sp³-hybridized carbons (Fsp3) is 0.350. The quantitative estimate of drug-likeness (QED) is 0.174. The summed E-state index contributed by atoms with van der Waals surface area (Å²) in [5.41, 5.74) is 5.05. The van der Waals surface area contributed by atoms with E-state index in [1.165, 1.54) is 12.1 Å². The Kier molecular flexibility index (Phi) is 11.9. The Morgan fingerprint density at radius 3 is 1.83 bits per heavy atom. The molecule has 0 aliphatic heterocycles. The molecule has 0 atom stereocenters. The summed E-state index contributed by atoms with van der Waals surface area (Å²) in [7, 11) is 1.57. The number of halogens is 3. The van der Waals surface area contributed by atoms with Crippen molar-refractivity contribution in [2.75, 3.05) is 7.11 Å². The number of hydrogen-bond donors (Lipinski definition) is 0. The van der Waals surface area contributed by atoms with Crippen LogP contribution in [0.3, 0.4) is 0 Å². The first kappa shape index (κ1) is 38.2. The molecule has 0 saturated heterocycles. The van der Waals surface area contributed by atoms with Gasteiger partial charge in [0.15, 0.2) is 0 Å². The van der Waals surface area contributed by atoms with Gasteiger partial charge in [-0.25, -0.2) is 18.7 Å². The molecular formula is C40H47ClF2N4O. The Balaban J connectivity index is 0.000000194. The van der Waals surface area contributed by atoms with E-state index < -0.39 is 0 Å². The Hall–Kier alpha value is -4.23. The first-order chi connectivity index (χ1) is 21.9. The van der Waals surface area contributed by atoms with E-state index in [1.54, 1.807) is 38.0 Å². The molecule has 0 amide bonds. The highest BCUT2D eigenvalue weighted by Crippen LogP contribution is 2.35.